The number of nitrogens with two attached hydrogens (primary N) is 2. The number of fused-ring (bicyclic) bond motifs is 1. The Morgan fingerprint density at radius 2 is 1.86 bits per heavy atom. The van der Waals surface area contributed by atoms with E-state index in [2.05, 4.69) is 27.8 Å². The van der Waals surface area contributed by atoms with E-state index in [0.29, 0.717) is 0 Å². The summed E-state index contributed by atoms with van der Waals surface area (Å²) >= 11 is 0. The predicted molar refractivity (Wildman–Crippen MR) is 108 cm³/mol. The van der Waals surface area contributed by atoms with E-state index in [1.54, 1.807) is 0 Å². The van der Waals surface area contributed by atoms with E-state index >= 15 is 0 Å². The average Bonchev–Trinajstić information content (AvgIpc) is 3.13. The lowest BCUT2D eigenvalue weighted by molar-refractivity contribution is 0.100. The van der Waals surface area contributed by atoms with Crippen molar-refractivity contribution in [3.8, 4) is 0 Å². The van der Waals surface area contributed by atoms with Crippen LogP contribution in [0.15, 0.2) is 24.3 Å². The number of anilines is 3. The first-order valence-corrected chi connectivity index (χ1v) is 9.92. The second-order valence-electron chi connectivity index (χ2n) is 7.74. The molecule has 1 amide bonds. The molecule has 1 fully saturated rings. The number of primary amides is 1. The van der Waals surface area contributed by atoms with Crippen molar-refractivity contribution in [3.63, 3.8) is 0 Å². The molecule has 1 saturated carbocycles. The lowest BCUT2D eigenvalue weighted by Gasteiger charge is -2.30. The first-order chi connectivity index (χ1) is 13.5. The topological polar surface area (TPSA) is 106 Å². The summed E-state index contributed by atoms with van der Waals surface area (Å²) in [6.07, 6.45) is 7.18. The van der Waals surface area contributed by atoms with E-state index in [1.807, 2.05) is 6.07 Å². The van der Waals surface area contributed by atoms with Gasteiger partial charge in [-0.3, -0.25) is 4.79 Å². The fourth-order valence-electron chi connectivity index (χ4n) is 4.17. The summed E-state index contributed by atoms with van der Waals surface area (Å²) in [4.78, 5) is 16.2. The molecule has 6 N–H and O–H groups in total. The molecule has 0 aliphatic heterocycles. The Balaban J connectivity index is 1.63. The molecule has 6 nitrogen and oxygen atoms in total. The van der Waals surface area contributed by atoms with Crippen LogP contribution in [-0.4, -0.2) is 23.0 Å². The molecule has 2 atom stereocenters. The molecule has 1 aromatic carbocycles. The van der Waals surface area contributed by atoms with Gasteiger partial charge in [-0.25, -0.2) is 9.37 Å². The van der Waals surface area contributed by atoms with Gasteiger partial charge in [0.05, 0.1) is 5.56 Å². The van der Waals surface area contributed by atoms with Crippen molar-refractivity contribution >= 4 is 23.2 Å². The van der Waals surface area contributed by atoms with Gasteiger partial charge in [0.25, 0.3) is 5.91 Å². The van der Waals surface area contributed by atoms with Gasteiger partial charge >= 0.3 is 0 Å². The molecule has 0 bridgehead atoms. The van der Waals surface area contributed by atoms with Crippen LogP contribution in [0.4, 0.5) is 21.7 Å². The number of amides is 1. The molecule has 2 aliphatic rings. The van der Waals surface area contributed by atoms with Crippen LogP contribution in [0.5, 0.6) is 0 Å². The number of aromatic nitrogens is 1. The van der Waals surface area contributed by atoms with E-state index in [1.165, 1.54) is 11.1 Å². The third-order valence-electron chi connectivity index (χ3n) is 5.74. The number of hydrogen-bond donors (Lipinski definition) is 4. The van der Waals surface area contributed by atoms with Gasteiger partial charge < -0.3 is 22.1 Å². The van der Waals surface area contributed by atoms with Gasteiger partial charge in [0.1, 0.15) is 5.82 Å². The fraction of sp³-hybridized carbons (Fsp3) is 0.429. The number of pyridine rings is 1. The average molecular weight is 383 g/mol. The van der Waals surface area contributed by atoms with Crippen molar-refractivity contribution in [2.24, 2.45) is 11.5 Å². The highest BCUT2D eigenvalue weighted by atomic mass is 19.1. The van der Waals surface area contributed by atoms with Gasteiger partial charge in [0.15, 0.2) is 11.6 Å². The first-order valence-electron chi connectivity index (χ1n) is 9.92. The minimum Gasteiger partial charge on any atom is -0.365 e. The number of rotatable bonds is 5. The van der Waals surface area contributed by atoms with E-state index in [9.17, 15) is 9.18 Å². The number of halogens is 1. The highest BCUT2D eigenvalue weighted by molar-refractivity contribution is 5.98. The van der Waals surface area contributed by atoms with Crippen molar-refractivity contribution < 1.29 is 9.18 Å². The third-order valence-corrected chi connectivity index (χ3v) is 5.74. The number of aryl methyl sites for hydroxylation is 2. The molecule has 0 saturated heterocycles. The van der Waals surface area contributed by atoms with Gasteiger partial charge in [-0.1, -0.05) is 18.9 Å². The van der Waals surface area contributed by atoms with Crippen LogP contribution < -0.4 is 22.1 Å². The zero-order chi connectivity index (χ0) is 19.7. The number of hydrogen-bond acceptors (Lipinski definition) is 5. The largest absolute Gasteiger partial charge is 0.365 e. The molecule has 2 aromatic rings. The van der Waals surface area contributed by atoms with Gasteiger partial charge in [0.2, 0.25) is 0 Å². The number of nitrogens with one attached hydrogen (secondary N) is 2. The Hall–Kier alpha value is -2.67. The Kier molecular flexibility index (Phi) is 5.17. The smallest absolute Gasteiger partial charge is 0.252 e. The van der Waals surface area contributed by atoms with Crippen LogP contribution in [0, 0.1) is 5.82 Å². The minimum atomic E-state index is -0.726. The molecule has 1 heterocycles. The van der Waals surface area contributed by atoms with E-state index < -0.39 is 11.7 Å². The standard InChI is InChI=1S/C21H26FN5O/c22-16-11-15(19(24)28)20(25-14-9-8-12-4-3-5-13(12)10-14)27-21(16)26-18-7-2-1-6-17(18)23/h8-11,17-18H,1-7,23H2,(H2,24,28)(H2,25,26,27)/t17-,18?/m0/s1. The Morgan fingerprint density at radius 1 is 1.07 bits per heavy atom. The number of carbonyl (C=O) groups excluding carboxylic acids is 1. The highest BCUT2D eigenvalue weighted by Crippen LogP contribution is 2.29. The van der Waals surface area contributed by atoms with Crippen LogP contribution >= 0.6 is 0 Å². The predicted octanol–water partition coefficient (Wildman–Crippen LogP) is 3.23. The number of nitrogens with zero attached hydrogens (tertiary/aromatic N) is 1. The quantitative estimate of drug-likeness (QED) is 0.634. The monoisotopic (exact) mass is 383 g/mol. The molecule has 148 valence electrons. The Morgan fingerprint density at radius 3 is 2.64 bits per heavy atom. The summed E-state index contributed by atoms with van der Waals surface area (Å²) in [6, 6.07) is 7.15. The van der Waals surface area contributed by atoms with Crippen molar-refractivity contribution in [3.05, 3.63) is 46.8 Å². The van der Waals surface area contributed by atoms with Crippen molar-refractivity contribution in [1.29, 1.82) is 0 Å². The molecular weight excluding hydrogens is 357 g/mol. The van der Waals surface area contributed by atoms with Crippen LogP contribution in [-0.2, 0) is 12.8 Å². The molecule has 28 heavy (non-hydrogen) atoms. The summed E-state index contributed by atoms with van der Waals surface area (Å²) < 4.78 is 14.6. The maximum atomic E-state index is 14.6. The van der Waals surface area contributed by atoms with Crippen LogP contribution in [0.2, 0.25) is 0 Å². The molecule has 1 aromatic heterocycles. The normalized spacial score (nSPS) is 21.2. The van der Waals surface area contributed by atoms with Gasteiger partial charge in [-0.05, 0) is 61.4 Å². The zero-order valence-corrected chi connectivity index (χ0v) is 15.8. The van der Waals surface area contributed by atoms with Crippen molar-refractivity contribution in [2.75, 3.05) is 10.6 Å². The third kappa shape index (κ3) is 3.80. The van der Waals surface area contributed by atoms with Crippen LogP contribution in [0.1, 0.15) is 53.6 Å². The van der Waals surface area contributed by atoms with Crippen molar-refractivity contribution in [2.45, 2.75) is 57.0 Å². The maximum absolute atomic E-state index is 14.6. The lowest BCUT2D eigenvalue weighted by atomic mass is 9.91. The molecule has 0 radical (unpaired) electrons. The molecule has 0 spiro atoms. The van der Waals surface area contributed by atoms with Crippen LogP contribution in [0.3, 0.4) is 0 Å². The van der Waals surface area contributed by atoms with Gasteiger partial charge in [-0.15, -0.1) is 0 Å². The molecule has 2 aliphatic carbocycles. The molecule has 4 rings (SSSR count). The summed E-state index contributed by atoms with van der Waals surface area (Å²) in [7, 11) is 0. The lowest BCUT2D eigenvalue weighted by Crippen LogP contribution is -2.43. The Labute approximate surface area is 163 Å². The van der Waals surface area contributed by atoms with Gasteiger partial charge in [0, 0.05) is 17.8 Å². The SMILES string of the molecule is NC(=O)c1cc(F)c(NC2CCCC[C@@H]2N)nc1Nc1ccc2c(c1)CCC2. The summed E-state index contributed by atoms with van der Waals surface area (Å²) in [5, 5.41) is 6.28. The Bertz CT molecular complexity index is 901. The fourth-order valence-corrected chi connectivity index (χ4v) is 4.17. The molecule has 7 heteroatoms. The molecular formula is C21H26FN5O. The first kappa shape index (κ1) is 18.7. The second-order valence-corrected chi connectivity index (χ2v) is 7.74. The van der Waals surface area contributed by atoms with Crippen molar-refractivity contribution in [1.82, 2.24) is 4.98 Å². The number of benzene rings is 1. The van der Waals surface area contributed by atoms with Gasteiger partial charge in [-0.2, -0.15) is 0 Å². The number of carbonyl (C=O) groups is 1. The minimum absolute atomic E-state index is 0.0245. The second kappa shape index (κ2) is 7.75. The van der Waals surface area contributed by atoms with E-state index in [0.717, 1.165) is 56.7 Å². The summed E-state index contributed by atoms with van der Waals surface area (Å²) in [6.45, 7) is 0. The molecule has 1 unspecified atom stereocenters. The highest BCUT2D eigenvalue weighted by Gasteiger charge is 2.24. The summed E-state index contributed by atoms with van der Waals surface area (Å²) in [5.74, 6) is -0.989. The maximum Gasteiger partial charge on any atom is 0.252 e. The van der Waals surface area contributed by atoms with Crippen LogP contribution in [0.25, 0.3) is 0 Å². The zero-order valence-electron chi connectivity index (χ0n) is 15.8. The summed E-state index contributed by atoms with van der Waals surface area (Å²) in [5.41, 5.74) is 15.1. The van der Waals surface area contributed by atoms with E-state index in [-0.39, 0.29) is 29.3 Å². The van der Waals surface area contributed by atoms with E-state index in [4.69, 9.17) is 11.5 Å².